The van der Waals surface area contributed by atoms with E-state index in [2.05, 4.69) is 20.8 Å². The van der Waals surface area contributed by atoms with E-state index in [1.807, 2.05) is 11.8 Å². The molecule has 1 rings (SSSR count). The van der Waals surface area contributed by atoms with E-state index in [4.69, 9.17) is 0 Å². The Morgan fingerprint density at radius 1 is 1.50 bits per heavy atom. The zero-order chi connectivity index (χ0) is 9.19. The van der Waals surface area contributed by atoms with Crippen molar-refractivity contribution in [1.82, 2.24) is 0 Å². The van der Waals surface area contributed by atoms with Crippen LogP contribution in [0.1, 0.15) is 33.6 Å². The molecule has 1 saturated heterocycles. The van der Waals surface area contributed by atoms with Crippen LogP contribution < -0.4 is 0 Å². The van der Waals surface area contributed by atoms with Gasteiger partial charge in [0.2, 0.25) is 0 Å². The molecule has 0 aliphatic carbocycles. The third-order valence-electron chi connectivity index (χ3n) is 1.87. The van der Waals surface area contributed by atoms with Crippen molar-refractivity contribution in [2.75, 3.05) is 11.5 Å². The molecule has 0 spiro atoms. The molecule has 1 nitrogen and oxygen atoms in total. The van der Waals surface area contributed by atoms with E-state index in [0.29, 0.717) is 10.00 Å². The SMILES string of the molecule is CC(C)(C)C[C@H]1SCCCS1=O. The zero-order valence-corrected chi connectivity index (χ0v) is 9.76. The Hall–Kier alpha value is 0.500. The fourth-order valence-corrected chi connectivity index (χ4v) is 5.21. The molecule has 1 aliphatic heterocycles. The van der Waals surface area contributed by atoms with Crippen molar-refractivity contribution >= 4 is 22.6 Å². The summed E-state index contributed by atoms with van der Waals surface area (Å²) in [6.45, 7) is 6.66. The van der Waals surface area contributed by atoms with Gasteiger partial charge in [-0.25, -0.2) is 0 Å². The van der Waals surface area contributed by atoms with E-state index in [-0.39, 0.29) is 0 Å². The Morgan fingerprint density at radius 3 is 2.67 bits per heavy atom. The van der Waals surface area contributed by atoms with Crippen molar-refractivity contribution in [2.24, 2.45) is 5.41 Å². The monoisotopic (exact) mass is 206 g/mol. The number of hydrogen-bond donors (Lipinski definition) is 0. The van der Waals surface area contributed by atoms with Crippen molar-refractivity contribution in [2.45, 2.75) is 38.2 Å². The van der Waals surface area contributed by atoms with Crippen LogP contribution in [0.25, 0.3) is 0 Å². The summed E-state index contributed by atoms with van der Waals surface area (Å²) in [5.41, 5.74) is 0.324. The summed E-state index contributed by atoms with van der Waals surface area (Å²) in [5, 5.41) is 0. The lowest BCUT2D eigenvalue weighted by Gasteiger charge is -2.27. The normalized spacial score (nSPS) is 31.9. The Kier molecular flexibility index (Phi) is 3.65. The number of hydrogen-bond acceptors (Lipinski definition) is 2. The second-order valence-corrected chi connectivity index (χ2v) is 7.85. The minimum absolute atomic E-state index is 0.324. The first-order chi connectivity index (χ1) is 5.49. The van der Waals surface area contributed by atoms with Crippen LogP contribution in [0.15, 0.2) is 0 Å². The van der Waals surface area contributed by atoms with Crippen LogP contribution in [0.4, 0.5) is 0 Å². The Morgan fingerprint density at radius 2 is 2.17 bits per heavy atom. The maximum absolute atomic E-state index is 11.6. The maximum atomic E-state index is 11.6. The Bertz CT molecular complexity index is 172. The maximum Gasteiger partial charge on any atom is 0.0806 e. The van der Waals surface area contributed by atoms with Gasteiger partial charge in [0.15, 0.2) is 0 Å². The van der Waals surface area contributed by atoms with Gasteiger partial charge in [0.1, 0.15) is 0 Å². The molecule has 0 aromatic carbocycles. The minimum atomic E-state index is -0.562. The smallest absolute Gasteiger partial charge is 0.0806 e. The summed E-state index contributed by atoms with van der Waals surface area (Å²) in [6.07, 6.45) is 2.22. The second kappa shape index (κ2) is 4.14. The van der Waals surface area contributed by atoms with Crippen LogP contribution in [0, 0.1) is 5.41 Å². The largest absolute Gasteiger partial charge is 0.258 e. The molecule has 1 unspecified atom stereocenters. The van der Waals surface area contributed by atoms with E-state index >= 15 is 0 Å². The molecular weight excluding hydrogens is 188 g/mol. The van der Waals surface area contributed by atoms with Gasteiger partial charge in [-0.05, 0) is 24.0 Å². The molecule has 0 saturated carbocycles. The standard InChI is InChI=1S/C9H18OS2/c1-9(2,3)7-8-11-5-4-6-12(8)10/h8H,4-7H2,1-3H3/t8-,12?/m0/s1. The first-order valence-electron chi connectivity index (χ1n) is 4.48. The van der Waals surface area contributed by atoms with Gasteiger partial charge < -0.3 is 0 Å². The predicted molar refractivity (Wildman–Crippen MR) is 57.9 cm³/mol. The first-order valence-corrected chi connectivity index (χ1v) is 6.91. The molecule has 0 radical (unpaired) electrons. The summed E-state index contributed by atoms with van der Waals surface area (Å²) >= 11 is 1.90. The van der Waals surface area contributed by atoms with Crippen LogP contribution in [-0.2, 0) is 10.8 Å². The molecule has 3 heteroatoms. The summed E-state index contributed by atoms with van der Waals surface area (Å²) in [6, 6.07) is 0. The van der Waals surface area contributed by atoms with Crippen LogP contribution in [-0.4, -0.2) is 20.3 Å². The van der Waals surface area contributed by atoms with Crippen molar-refractivity contribution in [3.05, 3.63) is 0 Å². The van der Waals surface area contributed by atoms with E-state index in [1.165, 1.54) is 5.75 Å². The highest BCUT2D eigenvalue weighted by Crippen LogP contribution is 2.32. The zero-order valence-electron chi connectivity index (χ0n) is 8.13. The topological polar surface area (TPSA) is 17.1 Å². The van der Waals surface area contributed by atoms with Gasteiger partial charge in [-0.3, -0.25) is 4.21 Å². The lowest BCUT2D eigenvalue weighted by atomic mass is 9.93. The van der Waals surface area contributed by atoms with Gasteiger partial charge in [-0.1, -0.05) is 20.8 Å². The van der Waals surface area contributed by atoms with Gasteiger partial charge in [0.05, 0.1) is 4.58 Å². The van der Waals surface area contributed by atoms with E-state index in [0.717, 1.165) is 18.6 Å². The average Bonchev–Trinajstić information content (AvgIpc) is 1.91. The molecule has 12 heavy (non-hydrogen) atoms. The molecule has 1 heterocycles. The minimum Gasteiger partial charge on any atom is -0.258 e. The van der Waals surface area contributed by atoms with Crippen LogP contribution in [0.2, 0.25) is 0 Å². The molecular formula is C9H18OS2. The molecule has 72 valence electrons. The highest BCUT2D eigenvalue weighted by Gasteiger charge is 2.26. The van der Waals surface area contributed by atoms with E-state index in [1.54, 1.807) is 0 Å². The van der Waals surface area contributed by atoms with Crippen LogP contribution >= 0.6 is 11.8 Å². The molecule has 0 amide bonds. The molecule has 2 atom stereocenters. The molecule has 0 N–H and O–H groups in total. The highest BCUT2D eigenvalue weighted by atomic mass is 32.2. The molecule has 0 bridgehead atoms. The second-order valence-electron chi connectivity index (χ2n) is 4.50. The van der Waals surface area contributed by atoms with Crippen LogP contribution in [0.3, 0.4) is 0 Å². The Balaban J connectivity index is 2.45. The first kappa shape index (κ1) is 10.6. The van der Waals surface area contributed by atoms with Crippen molar-refractivity contribution < 1.29 is 4.21 Å². The quantitative estimate of drug-likeness (QED) is 0.656. The van der Waals surface area contributed by atoms with Gasteiger partial charge in [0.25, 0.3) is 0 Å². The van der Waals surface area contributed by atoms with Crippen molar-refractivity contribution in [1.29, 1.82) is 0 Å². The fraction of sp³-hybridized carbons (Fsp3) is 1.00. The Labute approximate surface area is 82.2 Å². The lowest BCUT2D eigenvalue weighted by Crippen LogP contribution is -2.25. The average molecular weight is 206 g/mol. The van der Waals surface area contributed by atoms with Crippen molar-refractivity contribution in [3.63, 3.8) is 0 Å². The van der Waals surface area contributed by atoms with E-state index < -0.39 is 10.8 Å². The summed E-state index contributed by atoms with van der Waals surface area (Å²) in [5.74, 6) is 2.13. The van der Waals surface area contributed by atoms with Crippen LogP contribution in [0.5, 0.6) is 0 Å². The van der Waals surface area contributed by atoms with Gasteiger partial charge >= 0.3 is 0 Å². The van der Waals surface area contributed by atoms with Crippen molar-refractivity contribution in [3.8, 4) is 0 Å². The third-order valence-corrected chi connectivity index (χ3v) is 5.43. The number of rotatable bonds is 1. The fourth-order valence-electron chi connectivity index (χ4n) is 1.28. The molecule has 0 aromatic rings. The summed E-state index contributed by atoms with van der Waals surface area (Å²) in [4.78, 5) is 0. The summed E-state index contributed by atoms with van der Waals surface area (Å²) < 4.78 is 12.0. The highest BCUT2D eigenvalue weighted by molar-refractivity contribution is 8.11. The third kappa shape index (κ3) is 3.48. The van der Waals surface area contributed by atoms with Gasteiger partial charge in [-0.2, -0.15) is 0 Å². The molecule has 1 aliphatic rings. The predicted octanol–water partition coefficient (Wildman–Crippen LogP) is 2.63. The molecule has 0 aromatic heterocycles. The summed E-state index contributed by atoms with van der Waals surface area (Å²) in [7, 11) is -0.562. The molecule has 1 fully saturated rings. The van der Waals surface area contributed by atoms with E-state index in [9.17, 15) is 4.21 Å². The van der Waals surface area contributed by atoms with Gasteiger partial charge in [-0.15, -0.1) is 11.8 Å². The number of thioether (sulfide) groups is 1. The van der Waals surface area contributed by atoms with Gasteiger partial charge in [0, 0.05) is 16.6 Å². The lowest BCUT2D eigenvalue weighted by molar-refractivity contribution is 0.392.